The molecule has 12 nitrogen and oxygen atoms in total. The monoisotopic (exact) mass is 560 g/mol. The normalized spacial score (nSPS) is 19.9. The number of β-lactam (4-membered cyclic amide) rings is 1. The third-order valence-corrected chi connectivity index (χ3v) is 8.12. The number of aliphatic carboxylic acids is 1. The van der Waals surface area contributed by atoms with Crippen LogP contribution in [0.15, 0.2) is 46.6 Å². The highest BCUT2D eigenvalue weighted by Gasteiger charge is 2.54. The maximum absolute atomic E-state index is 12.9. The van der Waals surface area contributed by atoms with Crippen LogP contribution >= 0.6 is 23.5 Å². The number of thioether (sulfide) groups is 2. The number of fused-ring (bicyclic) bond motifs is 1. The highest BCUT2D eigenvalue weighted by molar-refractivity contribution is 8.01. The summed E-state index contributed by atoms with van der Waals surface area (Å²) in [5.41, 5.74) is 6.81. The highest BCUT2D eigenvalue weighted by atomic mass is 32.2. The predicted octanol–water partition coefficient (Wildman–Crippen LogP) is 1.22. The second kappa shape index (κ2) is 11.2. The van der Waals surface area contributed by atoms with E-state index in [1.165, 1.54) is 28.4 Å². The molecule has 38 heavy (non-hydrogen) atoms. The molecule has 0 aliphatic carbocycles. The van der Waals surface area contributed by atoms with Crippen LogP contribution in [0, 0.1) is 0 Å². The zero-order valence-electron chi connectivity index (χ0n) is 21.0. The Hall–Kier alpha value is -3.36. The van der Waals surface area contributed by atoms with Crippen LogP contribution in [-0.4, -0.2) is 77.7 Å². The van der Waals surface area contributed by atoms with E-state index in [1.807, 2.05) is 0 Å². The first-order valence-electron chi connectivity index (χ1n) is 11.7. The van der Waals surface area contributed by atoms with Gasteiger partial charge in [0.2, 0.25) is 5.91 Å². The lowest BCUT2D eigenvalue weighted by Gasteiger charge is -2.49. The Balaban J connectivity index is 1.42. The Morgan fingerprint density at radius 3 is 2.66 bits per heavy atom. The number of hydrogen-bond donors (Lipinski definition) is 4. The molecule has 4 rings (SSSR count). The fraction of sp³-hybridized carbons (Fsp3) is 0.417. The number of carboxylic acid groups (broad SMARTS) is 1. The molecule has 0 spiro atoms. The van der Waals surface area contributed by atoms with Gasteiger partial charge in [0.1, 0.15) is 39.5 Å². The molecule has 5 N–H and O–H groups in total. The minimum atomic E-state index is -1.24. The zero-order chi connectivity index (χ0) is 27.6. The van der Waals surface area contributed by atoms with Crippen molar-refractivity contribution >= 4 is 47.3 Å². The van der Waals surface area contributed by atoms with Crippen molar-refractivity contribution in [1.29, 1.82) is 0 Å². The van der Waals surface area contributed by atoms with Gasteiger partial charge in [-0.05, 0) is 31.9 Å². The number of hydrogen-bond acceptors (Lipinski definition) is 10. The van der Waals surface area contributed by atoms with Crippen LogP contribution in [0.3, 0.4) is 0 Å². The number of nitrogens with zero attached hydrogens (tertiary/aromatic N) is 3. The van der Waals surface area contributed by atoms with Crippen LogP contribution in [0.2, 0.25) is 0 Å². The summed E-state index contributed by atoms with van der Waals surface area (Å²) < 4.78 is 5.33. The van der Waals surface area contributed by atoms with Crippen LogP contribution in [0.4, 0.5) is 0 Å². The van der Waals surface area contributed by atoms with Crippen molar-refractivity contribution < 1.29 is 29.0 Å². The number of aromatic nitrogens is 3. The molecule has 1 fully saturated rings. The standard InChI is InChI=1S/C24H28N6O6S2/c1-24(2,3)36-15(31)9-14-20(28-29-27-14)37-10-13-11-38-22-17(21(33)30(22)18(13)23(34)35)26-19(32)16(25)12-7-5-4-6-8-12/h4-8,16-17,22H,9-11,25H2,1-3H3,(H,26,32)(H,34,35)(H,27,28,29)/t16?,17?,22-/m0/s1. The fourth-order valence-corrected chi connectivity index (χ4v) is 6.41. The molecule has 14 heteroatoms. The van der Waals surface area contributed by atoms with Crippen molar-refractivity contribution in [1.82, 2.24) is 25.6 Å². The number of rotatable bonds is 9. The molecule has 2 aliphatic rings. The molecule has 1 aromatic carbocycles. The second-order valence-electron chi connectivity index (χ2n) is 9.67. The molecular weight excluding hydrogens is 532 g/mol. The van der Waals surface area contributed by atoms with Gasteiger partial charge in [0, 0.05) is 11.5 Å². The number of nitrogens with one attached hydrogen (secondary N) is 2. The number of amides is 2. The molecule has 2 aliphatic heterocycles. The molecule has 1 saturated heterocycles. The minimum absolute atomic E-state index is 0.0884. The average molecular weight is 561 g/mol. The van der Waals surface area contributed by atoms with Crippen LogP contribution in [0.25, 0.3) is 0 Å². The first-order chi connectivity index (χ1) is 18.0. The summed E-state index contributed by atoms with van der Waals surface area (Å²) in [6.45, 7) is 5.30. The van der Waals surface area contributed by atoms with E-state index in [4.69, 9.17) is 10.5 Å². The van der Waals surface area contributed by atoms with Gasteiger partial charge in [0.25, 0.3) is 5.91 Å². The Kier molecular flexibility index (Phi) is 8.13. The van der Waals surface area contributed by atoms with E-state index in [-0.39, 0.29) is 17.9 Å². The van der Waals surface area contributed by atoms with E-state index in [1.54, 1.807) is 51.1 Å². The van der Waals surface area contributed by atoms with Gasteiger partial charge in [-0.3, -0.25) is 19.3 Å². The maximum atomic E-state index is 12.9. The van der Waals surface area contributed by atoms with Gasteiger partial charge in [0.15, 0.2) is 0 Å². The number of carbonyl (C=O) groups excluding carboxylic acids is 3. The van der Waals surface area contributed by atoms with Gasteiger partial charge in [-0.2, -0.15) is 10.3 Å². The number of aromatic amines is 1. The van der Waals surface area contributed by atoms with Crippen LogP contribution in [-0.2, 0) is 30.3 Å². The SMILES string of the molecule is CC(C)(C)OC(=O)Cc1n[nH]nc1SCC1=C(C(=O)O)N2C(=O)C(NC(=O)C(N)c3ccccc3)[C@@H]2SC1. The largest absolute Gasteiger partial charge is 0.477 e. The van der Waals surface area contributed by atoms with Crippen LogP contribution in [0.5, 0.6) is 0 Å². The number of ether oxygens (including phenoxy) is 1. The molecular formula is C24H28N6O6S2. The first kappa shape index (κ1) is 27.7. The number of carbonyl (C=O) groups is 4. The number of H-pyrrole nitrogens is 1. The van der Waals surface area contributed by atoms with Crippen molar-refractivity contribution in [3.05, 3.63) is 52.9 Å². The lowest BCUT2D eigenvalue weighted by Crippen LogP contribution is -2.71. The summed E-state index contributed by atoms with van der Waals surface area (Å²) in [5, 5.41) is 23.1. The van der Waals surface area contributed by atoms with Crippen molar-refractivity contribution in [3.63, 3.8) is 0 Å². The van der Waals surface area contributed by atoms with Crippen LogP contribution in [0.1, 0.15) is 38.1 Å². The highest BCUT2D eigenvalue weighted by Crippen LogP contribution is 2.41. The summed E-state index contributed by atoms with van der Waals surface area (Å²) >= 11 is 2.57. The van der Waals surface area contributed by atoms with E-state index < -0.39 is 46.8 Å². The molecule has 2 amide bonds. The van der Waals surface area contributed by atoms with Gasteiger partial charge in [-0.15, -0.1) is 16.9 Å². The maximum Gasteiger partial charge on any atom is 0.352 e. The van der Waals surface area contributed by atoms with Crippen molar-refractivity contribution in [2.24, 2.45) is 5.73 Å². The summed E-state index contributed by atoms with van der Waals surface area (Å²) in [7, 11) is 0. The van der Waals surface area contributed by atoms with E-state index >= 15 is 0 Å². The summed E-state index contributed by atoms with van der Waals surface area (Å²) in [4.78, 5) is 51.2. The van der Waals surface area contributed by atoms with Crippen LogP contribution < -0.4 is 11.1 Å². The van der Waals surface area contributed by atoms with Crippen molar-refractivity contribution in [3.8, 4) is 0 Å². The number of carboxylic acids is 1. The Bertz CT molecular complexity index is 1270. The van der Waals surface area contributed by atoms with E-state index in [0.717, 1.165) is 0 Å². The van der Waals surface area contributed by atoms with Crippen molar-refractivity contribution in [2.75, 3.05) is 11.5 Å². The molecule has 0 radical (unpaired) electrons. The van der Waals surface area contributed by atoms with E-state index in [0.29, 0.717) is 27.6 Å². The predicted molar refractivity (Wildman–Crippen MR) is 140 cm³/mol. The topological polar surface area (TPSA) is 181 Å². The van der Waals surface area contributed by atoms with Gasteiger partial charge in [0.05, 0.1) is 6.42 Å². The minimum Gasteiger partial charge on any atom is -0.477 e. The first-order valence-corrected chi connectivity index (χ1v) is 13.7. The lowest BCUT2D eigenvalue weighted by atomic mass is 10.0. The summed E-state index contributed by atoms with van der Waals surface area (Å²) in [6, 6.07) is 6.94. The van der Waals surface area contributed by atoms with Crippen molar-refractivity contribution in [2.45, 2.75) is 55.3 Å². The number of benzene rings is 1. The van der Waals surface area contributed by atoms with Gasteiger partial charge in [-0.1, -0.05) is 42.1 Å². The molecule has 2 aromatic rings. The van der Waals surface area contributed by atoms with Gasteiger partial charge < -0.3 is 20.9 Å². The Labute approximate surface area is 227 Å². The van der Waals surface area contributed by atoms with E-state index in [9.17, 15) is 24.3 Å². The molecule has 3 atom stereocenters. The lowest BCUT2D eigenvalue weighted by molar-refractivity contribution is -0.154. The molecule has 0 saturated carbocycles. The Morgan fingerprint density at radius 1 is 1.29 bits per heavy atom. The molecule has 3 heterocycles. The molecule has 202 valence electrons. The average Bonchev–Trinajstić information content (AvgIpc) is 3.30. The Morgan fingerprint density at radius 2 is 2.00 bits per heavy atom. The molecule has 0 bridgehead atoms. The molecule has 2 unspecified atom stereocenters. The quantitative estimate of drug-likeness (QED) is 0.197. The smallest absolute Gasteiger partial charge is 0.352 e. The van der Waals surface area contributed by atoms with Gasteiger partial charge >= 0.3 is 11.9 Å². The third-order valence-electron chi connectivity index (χ3n) is 5.69. The zero-order valence-corrected chi connectivity index (χ0v) is 22.6. The summed E-state index contributed by atoms with van der Waals surface area (Å²) in [6.07, 6.45) is -0.0884. The van der Waals surface area contributed by atoms with E-state index in [2.05, 4.69) is 20.7 Å². The molecule has 1 aromatic heterocycles. The fourth-order valence-electron chi connectivity index (χ4n) is 3.99. The second-order valence-corrected chi connectivity index (χ2v) is 11.7. The number of nitrogens with two attached hydrogens (primary N) is 1. The van der Waals surface area contributed by atoms with Gasteiger partial charge in [-0.25, -0.2) is 4.79 Å². The summed E-state index contributed by atoms with van der Waals surface area (Å²) in [5.74, 6) is -2.17. The number of esters is 1. The third kappa shape index (κ3) is 6.03.